The minimum absolute atomic E-state index is 0.280. The number of halogens is 2. The Hall–Kier alpha value is -1.46. The average molecular weight is 305 g/mol. The molecule has 1 aromatic rings. The van der Waals surface area contributed by atoms with E-state index in [2.05, 4.69) is 10.6 Å². The molecular formula is C12H14Cl2N2O3. The van der Waals surface area contributed by atoms with Crippen molar-refractivity contribution in [3.8, 4) is 5.75 Å². The molecule has 0 spiro atoms. The Bertz CT molecular complexity index is 466. The molecule has 0 aliphatic heterocycles. The van der Waals surface area contributed by atoms with E-state index in [1.807, 2.05) is 6.92 Å². The summed E-state index contributed by atoms with van der Waals surface area (Å²) < 4.78 is 5.17. The fourth-order valence-electron chi connectivity index (χ4n) is 1.16. The standard InChI is InChI=1S/C12H14Cl2N2O3/c1-2-5-15-12(18)16-11(17)7-19-8-3-4-9(13)10(14)6-8/h3-4,6H,2,5,7H2,1H3,(H2,15,16,17,18). The average Bonchev–Trinajstić information content (AvgIpc) is 2.38. The number of benzene rings is 1. The van der Waals surface area contributed by atoms with Gasteiger partial charge in [-0.3, -0.25) is 10.1 Å². The summed E-state index contributed by atoms with van der Waals surface area (Å²) in [4.78, 5) is 22.6. The van der Waals surface area contributed by atoms with E-state index in [1.165, 1.54) is 6.07 Å². The zero-order chi connectivity index (χ0) is 14.3. The maximum Gasteiger partial charge on any atom is 0.321 e. The fourth-order valence-corrected chi connectivity index (χ4v) is 1.45. The van der Waals surface area contributed by atoms with Crippen LogP contribution >= 0.6 is 23.2 Å². The van der Waals surface area contributed by atoms with Gasteiger partial charge < -0.3 is 10.1 Å². The van der Waals surface area contributed by atoms with Gasteiger partial charge in [-0.1, -0.05) is 30.1 Å². The lowest BCUT2D eigenvalue weighted by Gasteiger charge is -2.08. The maximum absolute atomic E-state index is 11.4. The van der Waals surface area contributed by atoms with Gasteiger partial charge in [0.05, 0.1) is 10.0 Å². The monoisotopic (exact) mass is 304 g/mol. The predicted octanol–water partition coefficient (Wildman–Crippen LogP) is 2.61. The number of hydrogen-bond acceptors (Lipinski definition) is 3. The molecule has 0 saturated carbocycles. The van der Waals surface area contributed by atoms with E-state index in [1.54, 1.807) is 12.1 Å². The molecule has 0 aliphatic carbocycles. The van der Waals surface area contributed by atoms with Crippen LogP contribution in [0.25, 0.3) is 0 Å². The van der Waals surface area contributed by atoms with E-state index >= 15 is 0 Å². The number of carbonyl (C=O) groups is 2. The van der Waals surface area contributed by atoms with Crippen molar-refractivity contribution < 1.29 is 14.3 Å². The molecule has 0 unspecified atom stereocenters. The highest BCUT2D eigenvalue weighted by Gasteiger charge is 2.08. The second-order valence-electron chi connectivity index (χ2n) is 3.67. The molecule has 0 aliphatic rings. The number of urea groups is 1. The van der Waals surface area contributed by atoms with Crippen LogP contribution in [0.3, 0.4) is 0 Å². The topological polar surface area (TPSA) is 67.4 Å². The number of rotatable bonds is 5. The highest BCUT2D eigenvalue weighted by molar-refractivity contribution is 6.42. The van der Waals surface area contributed by atoms with Crippen molar-refractivity contribution in [3.63, 3.8) is 0 Å². The number of ether oxygens (including phenoxy) is 1. The first-order valence-electron chi connectivity index (χ1n) is 5.68. The van der Waals surface area contributed by atoms with Gasteiger partial charge in [0.25, 0.3) is 5.91 Å². The molecule has 0 bridgehead atoms. The van der Waals surface area contributed by atoms with Crippen LogP contribution in [0.5, 0.6) is 5.75 Å². The summed E-state index contributed by atoms with van der Waals surface area (Å²) in [5, 5.41) is 5.38. The molecule has 0 fully saturated rings. The Balaban J connectivity index is 2.37. The molecule has 0 heterocycles. The van der Waals surface area contributed by atoms with Crippen LogP contribution in [0, 0.1) is 0 Å². The Labute approximate surface area is 121 Å². The number of carbonyl (C=O) groups excluding carboxylic acids is 2. The van der Waals surface area contributed by atoms with Crippen LogP contribution < -0.4 is 15.4 Å². The Morgan fingerprint density at radius 3 is 2.63 bits per heavy atom. The van der Waals surface area contributed by atoms with E-state index in [0.29, 0.717) is 22.3 Å². The fraction of sp³-hybridized carbons (Fsp3) is 0.333. The Morgan fingerprint density at radius 2 is 2.00 bits per heavy atom. The van der Waals surface area contributed by atoms with Crippen LogP contribution in [0.4, 0.5) is 4.79 Å². The number of amides is 3. The van der Waals surface area contributed by atoms with Crippen LogP contribution in [0.1, 0.15) is 13.3 Å². The van der Waals surface area contributed by atoms with E-state index in [0.717, 1.165) is 6.42 Å². The van der Waals surface area contributed by atoms with Crippen molar-refractivity contribution >= 4 is 35.1 Å². The SMILES string of the molecule is CCCNC(=O)NC(=O)COc1ccc(Cl)c(Cl)c1. The molecule has 0 aromatic heterocycles. The lowest BCUT2D eigenvalue weighted by molar-refractivity contribution is -0.122. The second-order valence-corrected chi connectivity index (χ2v) is 4.48. The molecule has 19 heavy (non-hydrogen) atoms. The van der Waals surface area contributed by atoms with E-state index in [4.69, 9.17) is 27.9 Å². The van der Waals surface area contributed by atoms with Gasteiger partial charge >= 0.3 is 6.03 Å². The van der Waals surface area contributed by atoms with Gasteiger partial charge in [0.1, 0.15) is 5.75 Å². The molecule has 104 valence electrons. The summed E-state index contributed by atoms with van der Waals surface area (Å²) in [6.45, 7) is 2.14. The zero-order valence-electron chi connectivity index (χ0n) is 10.3. The largest absolute Gasteiger partial charge is 0.484 e. The van der Waals surface area contributed by atoms with E-state index in [-0.39, 0.29) is 6.61 Å². The summed E-state index contributed by atoms with van der Waals surface area (Å²) in [5.74, 6) is -0.141. The van der Waals surface area contributed by atoms with E-state index in [9.17, 15) is 9.59 Å². The van der Waals surface area contributed by atoms with Gasteiger partial charge in [0.15, 0.2) is 6.61 Å². The molecule has 2 N–H and O–H groups in total. The van der Waals surface area contributed by atoms with Gasteiger partial charge in [-0.25, -0.2) is 4.79 Å². The Kier molecular flexibility index (Phi) is 6.45. The van der Waals surface area contributed by atoms with Crippen molar-refractivity contribution in [3.05, 3.63) is 28.2 Å². The van der Waals surface area contributed by atoms with Gasteiger partial charge in [0, 0.05) is 12.6 Å². The third kappa shape index (κ3) is 5.81. The number of hydrogen-bond donors (Lipinski definition) is 2. The summed E-state index contributed by atoms with van der Waals surface area (Å²) in [7, 11) is 0. The smallest absolute Gasteiger partial charge is 0.321 e. The van der Waals surface area contributed by atoms with E-state index < -0.39 is 11.9 Å². The first-order chi connectivity index (χ1) is 9.02. The third-order valence-electron chi connectivity index (χ3n) is 2.05. The van der Waals surface area contributed by atoms with Gasteiger partial charge in [0.2, 0.25) is 0 Å². The quantitative estimate of drug-likeness (QED) is 0.878. The molecule has 3 amide bonds. The predicted molar refractivity (Wildman–Crippen MR) is 73.8 cm³/mol. The summed E-state index contributed by atoms with van der Waals surface area (Å²) >= 11 is 11.5. The molecule has 0 atom stereocenters. The highest BCUT2D eigenvalue weighted by atomic mass is 35.5. The molecule has 0 saturated heterocycles. The van der Waals surface area contributed by atoms with Crippen molar-refractivity contribution in [2.24, 2.45) is 0 Å². The highest BCUT2D eigenvalue weighted by Crippen LogP contribution is 2.26. The minimum atomic E-state index is -0.542. The molecule has 1 rings (SSSR count). The maximum atomic E-state index is 11.4. The lowest BCUT2D eigenvalue weighted by Crippen LogP contribution is -2.41. The lowest BCUT2D eigenvalue weighted by atomic mass is 10.3. The first kappa shape index (κ1) is 15.6. The molecule has 1 aromatic carbocycles. The van der Waals surface area contributed by atoms with Crippen molar-refractivity contribution in [2.45, 2.75) is 13.3 Å². The van der Waals surface area contributed by atoms with Crippen LogP contribution in [0.2, 0.25) is 10.0 Å². The second kappa shape index (κ2) is 7.86. The summed E-state index contributed by atoms with van der Waals surface area (Å²) in [6, 6.07) is 4.10. The van der Waals surface area contributed by atoms with Crippen LogP contribution in [0.15, 0.2) is 18.2 Å². The van der Waals surface area contributed by atoms with Crippen LogP contribution in [-0.4, -0.2) is 25.1 Å². The summed E-state index contributed by atoms with van der Waals surface area (Å²) in [5.41, 5.74) is 0. The number of nitrogens with one attached hydrogen (secondary N) is 2. The molecule has 0 radical (unpaired) electrons. The van der Waals surface area contributed by atoms with Crippen molar-refractivity contribution in [2.75, 3.05) is 13.2 Å². The van der Waals surface area contributed by atoms with Gasteiger partial charge in [-0.15, -0.1) is 0 Å². The van der Waals surface area contributed by atoms with Gasteiger partial charge in [-0.05, 0) is 18.6 Å². The first-order valence-corrected chi connectivity index (χ1v) is 6.44. The van der Waals surface area contributed by atoms with Crippen LogP contribution in [-0.2, 0) is 4.79 Å². The number of imide groups is 1. The summed E-state index contributed by atoms with van der Waals surface area (Å²) in [6.07, 6.45) is 0.793. The molecule has 5 nitrogen and oxygen atoms in total. The minimum Gasteiger partial charge on any atom is -0.484 e. The third-order valence-corrected chi connectivity index (χ3v) is 2.79. The van der Waals surface area contributed by atoms with Gasteiger partial charge in [-0.2, -0.15) is 0 Å². The normalized spacial score (nSPS) is 9.84. The van der Waals surface area contributed by atoms with Crippen molar-refractivity contribution in [1.29, 1.82) is 0 Å². The zero-order valence-corrected chi connectivity index (χ0v) is 11.8. The van der Waals surface area contributed by atoms with Crippen molar-refractivity contribution in [1.82, 2.24) is 10.6 Å². The Morgan fingerprint density at radius 1 is 1.26 bits per heavy atom. The molecular weight excluding hydrogens is 291 g/mol. The molecule has 7 heteroatoms.